The van der Waals surface area contributed by atoms with E-state index in [2.05, 4.69) is 0 Å². The molecule has 1 aliphatic heterocycles. The van der Waals surface area contributed by atoms with Crippen LogP contribution in [0.2, 0.25) is 0 Å². The lowest BCUT2D eigenvalue weighted by molar-refractivity contribution is 0.0426. The third-order valence-electron chi connectivity index (χ3n) is 4.85. The summed E-state index contributed by atoms with van der Waals surface area (Å²) in [7, 11) is -3.59. The van der Waals surface area contributed by atoms with E-state index < -0.39 is 21.4 Å². The first-order valence-corrected chi connectivity index (χ1v) is 8.57. The lowest BCUT2D eigenvalue weighted by Gasteiger charge is -2.31. The van der Waals surface area contributed by atoms with Gasteiger partial charge in [-0.05, 0) is 43.9 Å². The van der Waals surface area contributed by atoms with Gasteiger partial charge in [0.25, 0.3) is 5.92 Å². The Kier molecular flexibility index (Phi) is 3.19. The van der Waals surface area contributed by atoms with Crippen LogP contribution in [-0.2, 0) is 10.0 Å². The number of hydrogen-bond donors (Lipinski definition) is 0. The molecule has 0 amide bonds. The summed E-state index contributed by atoms with van der Waals surface area (Å²) >= 11 is 0. The number of rotatable bonds is 2. The Morgan fingerprint density at radius 3 is 2.24 bits per heavy atom. The fourth-order valence-electron chi connectivity index (χ4n) is 3.20. The first-order valence-electron chi connectivity index (χ1n) is 7.13. The Balaban J connectivity index is 1.83. The molecule has 1 aromatic carbocycles. The number of nitrogens with zero attached hydrogens (tertiary/aromatic N) is 1. The second-order valence-electron chi connectivity index (χ2n) is 6.33. The van der Waals surface area contributed by atoms with Crippen LogP contribution in [0.5, 0.6) is 0 Å². The predicted octanol–water partition coefficient (Wildman–Crippen LogP) is 3.11. The van der Waals surface area contributed by atoms with Crippen LogP contribution in [-0.4, -0.2) is 31.7 Å². The highest BCUT2D eigenvalue weighted by Crippen LogP contribution is 2.66. The quantitative estimate of drug-likeness (QED) is 0.841. The summed E-state index contributed by atoms with van der Waals surface area (Å²) in [5, 5.41) is 0. The molecule has 1 heterocycles. The zero-order valence-electron chi connectivity index (χ0n) is 12.2. The van der Waals surface area contributed by atoms with Gasteiger partial charge in [0.1, 0.15) is 0 Å². The highest BCUT2D eigenvalue weighted by atomic mass is 32.2. The summed E-state index contributed by atoms with van der Waals surface area (Å²) in [4.78, 5) is 0.293. The summed E-state index contributed by atoms with van der Waals surface area (Å²) in [5.41, 5.74) is 0.639. The highest BCUT2D eigenvalue weighted by Gasteiger charge is 2.70. The van der Waals surface area contributed by atoms with E-state index >= 15 is 0 Å². The van der Waals surface area contributed by atoms with E-state index in [1.807, 2.05) is 13.0 Å². The Hall–Kier alpha value is -1.01. The monoisotopic (exact) mass is 315 g/mol. The molecule has 3 nitrogen and oxygen atoms in total. The second kappa shape index (κ2) is 4.49. The molecule has 6 heteroatoms. The van der Waals surface area contributed by atoms with Crippen LogP contribution < -0.4 is 0 Å². The van der Waals surface area contributed by atoms with Crippen molar-refractivity contribution in [3.63, 3.8) is 0 Å². The van der Waals surface area contributed by atoms with Crippen LogP contribution in [0.1, 0.15) is 30.4 Å². The minimum Gasteiger partial charge on any atom is -0.207 e. The lowest BCUT2D eigenvalue weighted by Crippen LogP contribution is -2.40. The van der Waals surface area contributed by atoms with Crippen LogP contribution in [0.25, 0.3) is 0 Å². The van der Waals surface area contributed by atoms with Gasteiger partial charge < -0.3 is 0 Å². The number of halogens is 2. The number of alkyl halides is 2. The first kappa shape index (κ1) is 14.9. The minimum atomic E-state index is -3.59. The van der Waals surface area contributed by atoms with Gasteiger partial charge in [0.05, 0.1) is 4.90 Å². The fraction of sp³-hybridized carbons (Fsp3) is 0.600. The van der Waals surface area contributed by atoms with Gasteiger partial charge in [0, 0.05) is 24.9 Å². The maximum absolute atomic E-state index is 13.4. The Morgan fingerprint density at radius 2 is 1.71 bits per heavy atom. The highest BCUT2D eigenvalue weighted by molar-refractivity contribution is 7.89. The van der Waals surface area contributed by atoms with E-state index in [1.54, 1.807) is 19.1 Å². The van der Waals surface area contributed by atoms with Gasteiger partial charge in [-0.25, -0.2) is 17.2 Å². The molecule has 0 N–H and O–H groups in total. The molecule has 2 fully saturated rings. The zero-order chi connectivity index (χ0) is 15.5. The summed E-state index contributed by atoms with van der Waals surface area (Å²) in [6.45, 7) is 3.97. The number of benzene rings is 1. The normalized spacial score (nSPS) is 24.2. The molecular weight excluding hydrogens is 296 g/mol. The second-order valence-corrected chi connectivity index (χ2v) is 8.24. The van der Waals surface area contributed by atoms with Crippen molar-refractivity contribution in [1.82, 2.24) is 4.31 Å². The van der Waals surface area contributed by atoms with E-state index in [9.17, 15) is 17.2 Å². The Labute approximate surface area is 124 Å². The lowest BCUT2D eigenvalue weighted by atomic mass is 9.94. The van der Waals surface area contributed by atoms with Crippen LogP contribution in [0.4, 0.5) is 8.78 Å². The van der Waals surface area contributed by atoms with E-state index in [0.29, 0.717) is 10.5 Å². The van der Waals surface area contributed by atoms with Gasteiger partial charge in [-0.3, -0.25) is 0 Å². The van der Waals surface area contributed by atoms with Gasteiger partial charge in [0.2, 0.25) is 10.0 Å². The van der Waals surface area contributed by atoms with Crippen molar-refractivity contribution in [3.8, 4) is 0 Å². The molecule has 1 aromatic rings. The maximum atomic E-state index is 13.4. The van der Waals surface area contributed by atoms with Gasteiger partial charge in [-0.2, -0.15) is 4.31 Å². The van der Waals surface area contributed by atoms with E-state index in [4.69, 9.17) is 0 Å². The molecule has 21 heavy (non-hydrogen) atoms. The number of piperidine rings is 1. The Bertz CT molecular complexity index is 677. The molecule has 0 atom stereocenters. The van der Waals surface area contributed by atoms with Gasteiger partial charge in [-0.1, -0.05) is 12.1 Å². The van der Waals surface area contributed by atoms with E-state index in [1.165, 1.54) is 4.31 Å². The first-order chi connectivity index (χ1) is 9.68. The van der Waals surface area contributed by atoms with Crippen LogP contribution in [0.15, 0.2) is 23.1 Å². The van der Waals surface area contributed by atoms with Crippen LogP contribution >= 0.6 is 0 Å². The van der Waals surface area contributed by atoms with Crippen molar-refractivity contribution in [2.24, 2.45) is 5.41 Å². The molecule has 116 valence electrons. The standard InChI is InChI=1S/C15H19F2NO2S/c1-11-3-4-12(2)13(9-11)21(19,20)18-7-5-14(6-8-18)10-15(14,16)17/h3-4,9H,5-8,10H2,1-2H3. The van der Waals surface area contributed by atoms with Crippen molar-refractivity contribution >= 4 is 10.0 Å². The molecule has 1 aliphatic carbocycles. The van der Waals surface area contributed by atoms with E-state index in [0.717, 1.165) is 5.56 Å². The summed E-state index contributed by atoms with van der Waals surface area (Å²) in [5.74, 6) is -2.60. The molecule has 0 radical (unpaired) electrons. The topological polar surface area (TPSA) is 37.4 Å². The number of aryl methyl sites for hydroxylation is 2. The number of hydrogen-bond acceptors (Lipinski definition) is 2. The third-order valence-corrected chi connectivity index (χ3v) is 6.89. The maximum Gasteiger partial charge on any atom is 0.254 e. The summed E-state index contributed by atoms with van der Waals surface area (Å²) in [6, 6.07) is 5.30. The molecule has 0 aromatic heterocycles. The Morgan fingerprint density at radius 1 is 1.14 bits per heavy atom. The zero-order valence-corrected chi connectivity index (χ0v) is 13.0. The van der Waals surface area contributed by atoms with Gasteiger partial charge in [-0.15, -0.1) is 0 Å². The van der Waals surface area contributed by atoms with Crippen molar-refractivity contribution in [1.29, 1.82) is 0 Å². The SMILES string of the molecule is Cc1ccc(C)c(S(=O)(=O)N2CCC3(CC2)CC3(F)F)c1. The third kappa shape index (κ3) is 2.28. The molecule has 1 saturated heterocycles. The van der Waals surface area contributed by atoms with E-state index in [-0.39, 0.29) is 32.4 Å². The molecular formula is C15H19F2NO2S. The summed E-state index contributed by atoms with van der Waals surface area (Å²) in [6.07, 6.45) is 0.422. The average Bonchev–Trinajstić information content (AvgIpc) is 2.93. The average molecular weight is 315 g/mol. The molecule has 0 unspecified atom stereocenters. The van der Waals surface area contributed by atoms with Crippen LogP contribution in [0, 0.1) is 19.3 Å². The largest absolute Gasteiger partial charge is 0.254 e. The molecule has 1 spiro atoms. The number of sulfonamides is 1. The van der Waals surface area contributed by atoms with Crippen LogP contribution in [0.3, 0.4) is 0 Å². The minimum absolute atomic E-state index is 0.0860. The molecule has 3 rings (SSSR count). The molecule has 2 aliphatic rings. The van der Waals surface area contributed by atoms with Crippen molar-refractivity contribution in [3.05, 3.63) is 29.3 Å². The molecule has 0 bridgehead atoms. The summed E-state index contributed by atoms with van der Waals surface area (Å²) < 4.78 is 53.5. The molecule has 1 saturated carbocycles. The predicted molar refractivity (Wildman–Crippen MR) is 75.9 cm³/mol. The van der Waals surface area contributed by atoms with Gasteiger partial charge >= 0.3 is 0 Å². The van der Waals surface area contributed by atoms with Crippen molar-refractivity contribution in [2.75, 3.05) is 13.1 Å². The van der Waals surface area contributed by atoms with Crippen molar-refractivity contribution < 1.29 is 17.2 Å². The van der Waals surface area contributed by atoms with Crippen molar-refractivity contribution in [2.45, 2.75) is 43.9 Å². The van der Waals surface area contributed by atoms with Gasteiger partial charge in [0.15, 0.2) is 0 Å². The smallest absolute Gasteiger partial charge is 0.207 e. The fourth-order valence-corrected chi connectivity index (χ4v) is 4.95.